The van der Waals surface area contributed by atoms with E-state index in [-0.39, 0.29) is 6.42 Å². The minimum atomic E-state index is -1.18. The molecule has 0 saturated carbocycles. The molecule has 0 fully saturated rings. The molecule has 7 heteroatoms. The molecule has 2 aromatic carbocycles. The average Bonchev–Trinajstić information content (AvgIpc) is 2.73. The van der Waals surface area contributed by atoms with Crippen LogP contribution in [0.2, 0.25) is 0 Å². The molecular weight excluding hydrogens is 358 g/mol. The topological polar surface area (TPSA) is 100 Å². The van der Waals surface area contributed by atoms with Crippen LogP contribution in [-0.4, -0.2) is 29.0 Å². The van der Waals surface area contributed by atoms with Gasteiger partial charge in [0, 0.05) is 18.8 Å². The van der Waals surface area contributed by atoms with Crippen LogP contribution in [-0.2, 0) is 16.0 Å². The number of benzene rings is 2. The third-order valence-electron chi connectivity index (χ3n) is 4.33. The van der Waals surface area contributed by atoms with Gasteiger partial charge in [-0.1, -0.05) is 48.5 Å². The highest BCUT2D eigenvalue weighted by Crippen LogP contribution is 2.23. The maximum absolute atomic E-state index is 13.0. The summed E-state index contributed by atoms with van der Waals surface area (Å²) in [6, 6.07) is 18.2. The van der Waals surface area contributed by atoms with E-state index >= 15 is 0 Å². The first-order valence-corrected chi connectivity index (χ1v) is 8.85. The number of carbonyl (C=O) groups is 2. The molecule has 2 atom stereocenters. The van der Waals surface area contributed by atoms with Crippen LogP contribution in [0.25, 0.3) is 0 Å². The van der Waals surface area contributed by atoms with E-state index in [1.807, 2.05) is 48.5 Å². The number of hydrogen-bond donors (Lipinski definition) is 3. The van der Waals surface area contributed by atoms with Gasteiger partial charge in [-0.15, -0.1) is 0 Å². The molecule has 1 aliphatic rings. The summed E-state index contributed by atoms with van der Waals surface area (Å²) in [5.41, 5.74) is 1.20. The van der Waals surface area contributed by atoms with E-state index in [9.17, 15) is 9.59 Å². The fraction of sp³-hybridized carbons (Fsp3) is 0.190. The van der Waals surface area contributed by atoms with Crippen LogP contribution in [0.5, 0.6) is 5.75 Å². The van der Waals surface area contributed by atoms with Crippen LogP contribution >= 0.6 is 0 Å². The second-order valence-electron chi connectivity index (χ2n) is 6.36. The van der Waals surface area contributed by atoms with Crippen molar-refractivity contribution in [1.29, 1.82) is 0 Å². The number of hydroxylamine groups is 1. The third-order valence-corrected chi connectivity index (χ3v) is 4.33. The normalized spacial score (nSPS) is 18.9. The Bertz CT molecular complexity index is 868. The van der Waals surface area contributed by atoms with Crippen molar-refractivity contribution in [3.8, 4) is 5.75 Å². The molecule has 3 N–H and O–H groups in total. The number of nitrogens with one attached hydrogen (secondary N) is 2. The lowest BCUT2D eigenvalue weighted by Crippen LogP contribution is -2.56. The van der Waals surface area contributed by atoms with Gasteiger partial charge >= 0.3 is 0 Å². The Kier molecular flexibility index (Phi) is 6.18. The van der Waals surface area contributed by atoms with Gasteiger partial charge in [-0.3, -0.25) is 19.8 Å². The molecule has 7 nitrogen and oxygen atoms in total. The van der Waals surface area contributed by atoms with Gasteiger partial charge in [-0.05, 0) is 30.2 Å². The molecule has 2 aromatic rings. The van der Waals surface area contributed by atoms with Crippen molar-refractivity contribution in [2.45, 2.75) is 18.6 Å². The highest BCUT2D eigenvalue weighted by molar-refractivity contribution is 6.00. The summed E-state index contributed by atoms with van der Waals surface area (Å²) in [4.78, 5) is 29.2. The summed E-state index contributed by atoms with van der Waals surface area (Å²) >= 11 is 0. The molecule has 2 unspecified atom stereocenters. The van der Waals surface area contributed by atoms with E-state index in [2.05, 4.69) is 10.3 Å². The van der Waals surface area contributed by atoms with Crippen LogP contribution in [0.4, 0.5) is 0 Å². The summed E-state index contributed by atoms with van der Waals surface area (Å²) in [6.07, 6.45) is 5.22. The molecule has 1 aliphatic heterocycles. The van der Waals surface area contributed by atoms with E-state index in [0.717, 1.165) is 5.56 Å². The molecule has 0 bridgehead atoms. The third kappa shape index (κ3) is 4.83. The van der Waals surface area contributed by atoms with Gasteiger partial charge in [0.25, 0.3) is 5.91 Å². The van der Waals surface area contributed by atoms with Gasteiger partial charge in [-0.25, -0.2) is 5.48 Å². The Hall–Kier alpha value is -3.45. The summed E-state index contributed by atoms with van der Waals surface area (Å²) in [5.74, 6) is -1.92. The predicted molar refractivity (Wildman–Crippen MR) is 104 cm³/mol. The minimum Gasteiger partial charge on any atom is -0.464 e. The molecule has 3 rings (SSSR count). The fourth-order valence-corrected chi connectivity index (χ4v) is 2.90. The average molecular weight is 379 g/mol. The maximum Gasteiger partial charge on any atom is 0.256 e. The van der Waals surface area contributed by atoms with Gasteiger partial charge in [0.15, 0.2) is 0 Å². The highest BCUT2D eigenvalue weighted by atomic mass is 16.5. The summed E-state index contributed by atoms with van der Waals surface area (Å²) < 4.78 is 6.02. The molecule has 28 heavy (non-hydrogen) atoms. The number of rotatable bonds is 7. The van der Waals surface area contributed by atoms with Gasteiger partial charge in [-0.2, -0.15) is 0 Å². The number of aliphatic imine (C=N–C) groups is 1. The zero-order valence-corrected chi connectivity index (χ0v) is 15.1. The van der Waals surface area contributed by atoms with Crippen molar-refractivity contribution < 1.29 is 19.5 Å². The van der Waals surface area contributed by atoms with Crippen molar-refractivity contribution in [3.05, 3.63) is 78.5 Å². The highest BCUT2D eigenvalue weighted by Gasteiger charge is 2.37. The number of carbonyl (C=O) groups excluding carboxylic acids is 2. The molecule has 144 valence electrons. The van der Waals surface area contributed by atoms with Gasteiger partial charge in [0.2, 0.25) is 11.6 Å². The van der Waals surface area contributed by atoms with E-state index in [0.29, 0.717) is 12.2 Å². The van der Waals surface area contributed by atoms with Crippen molar-refractivity contribution in [3.63, 3.8) is 0 Å². The van der Waals surface area contributed by atoms with E-state index < -0.39 is 23.5 Å². The van der Waals surface area contributed by atoms with Crippen LogP contribution in [0.3, 0.4) is 0 Å². The molecule has 1 heterocycles. The van der Waals surface area contributed by atoms with Crippen molar-refractivity contribution >= 4 is 18.0 Å². The Morgan fingerprint density at radius 3 is 2.36 bits per heavy atom. The SMILES string of the molecule is O=C(NO)C(Cc1ccccc1)C(=O)NC1(Oc2ccccc2)C=CN=CC1. The number of amides is 2. The molecule has 0 spiro atoms. The number of nitrogens with zero attached hydrogens (tertiary/aromatic N) is 1. The zero-order valence-electron chi connectivity index (χ0n) is 15.1. The van der Waals surface area contributed by atoms with E-state index in [1.165, 1.54) is 6.20 Å². The number of ether oxygens (including phenoxy) is 1. The standard InChI is InChI=1S/C21H21N3O4/c25-19(18(20(26)24-27)15-16-7-3-1-4-8-16)23-21(11-13-22-14-12-21)28-17-9-5-2-6-10-17/h1-11,13-14,18,27H,12,15H2,(H,23,25)(H,24,26). The van der Waals surface area contributed by atoms with E-state index in [4.69, 9.17) is 9.94 Å². The monoisotopic (exact) mass is 379 g/mol. The van der Waals surface area contributed by atoms with Gasteiger partial charge in [0.1, 0.15) is 11.7 Å². The van der Waals surface area contributed by atoms with Crippen LogP contribution in [0.15, 0.2) is 77.9 Å². The maximum atomic E-state index is 13.0. The van der Waals surface area contributed by atoms with Gasteiger partial charge < -0.3 is 10.1 Å². The quantitative estimate of drug-likeness (QED) is 0.297. The summed E-state index contributed by atoms with van der Waals surface area (Å²) in [7, 11) is 0. The van der Waals surface area contributed by atoms with Crippen LogP contribution < -0.4 is 15.5 Å². The second-order valence-corrected chi connectivity index (χ2v) is 6.36. The lowest BCUT2D eigenvalue weighted by molar-refractivity contribution is -0.142. The smallest absolute Gasteiger partial charge is 0.256 e. The molecular formula is C21H21N3O4. The Balaban J connectivity index is 1.81. The molecule has 0 aromatic heterocycles. The molecule has 0 saturated heterocycles. The molecule has 0 aliphatic carbocycles. The largest absolute Gasteiger partial charge is 0.464 e. The Morgan fingerprint density at radius 1 is 1.07 bits per heavy atom. The Labute approximate surface area is 162 Å². The predicted octanol–water partition coefficient (Wildman–Crippen LogP) is 2.23. The van der Waals surface area contributed by atoms with Crippen LogP contribution in [0.1, 0.15) is 12.0 Å². The lowest BCUT2D eigenvalue weighted by Gasteiger charge is -2.33. The first-order valence-electron chi connectivity index (χ1n) is 8.85. The lowest BCUT2D eigenvalue weighted by atomic mass is 9.96. The summed E-state index contributed by atoms with van der Waals surface area (Å²) in [6.45, 7) is 0. The van der Waals surface area contributed by atoms with Crippen molar-refractivity contribution in [2.24, 2.45) is 10.9 Å². The van der Waals surface area contributed by atoms with Crippen molar-refractivity contribution in [2.75, 3.05) is 0 Å². The zero-order chi connectivity index (χ0) is 19.8. The van der Waals surface area contributed by atoms with Gasteiger partial charge in [0.05, 0.1) is 0 Å². The van der Waals surface area contributed by atoms with E-state index in [1.54, 1.807) is 29.9 Å². The minimum absolute atomic E-state index is 0.137. The van der Waals surface area contributed by atoms with Crippen LogP contribution in [0, 0.1) is 5.92 Å². The molecule has 2 amide bonds. The first-order chi connectivity index (χ1) is 13.6. The second kappa shape index (κ2) is 8.96. The fourth-order valence-electron chi connectivity index (χ4n) is 2.90. The first kappa shape index (κ1) is 19.3. The summed E-state index contributed by atoms with van der Waals surface area (Å²) in [5, 5.41) is 11.9. The molecule has 0 radical (unpaired) electrons. The number of para-hydroxylation sites is 1. The number of hydrogen-bond acceptors (Lipinski definition) is 5. The van der Waals surface area contributed by atoms with Crippen molar-refractivity contribution in [1.82, 2.24) is 10.8 Å². The Morgan fingerprint density at radius 2 is 1.75 bits per heavy atom.